The molecular weight excluding hydrogens is 412 g/mol. The fraction of sp³-hybridized carbons (Fsp3) is 0.435. The van der Waals surface area contributed by atoms with Crippen molar-refractivity contribution in [3.05, 3.63) is 65.7 Å². The molecular formula is C23H32N4O3S. The van der Waals surface area contributed by atoms with Crippen LogP contribution in [0.1, 0.15) is 36.4 Å². The molecule has 1 aliphatic rings. The molecule has 0 aromatic heterocycles. The van der Waals surface area contributed by atoms with Crippen molar-refractivity contribution in [2.24, 2.45) is 0 Å². The first kappa shape index (κ1) is 23.2. The van der Waals surface area contributed by atoms with Gasteiger partial charge in [-0.1, -0.05) is 55.0 Å². The molecule has 7 nitrogen and oxygen atoms in total. The number of hydrogen-bond donors (Lipinski definition) is 2. The van der Waals surface area contributed by atoms with Gasteiger partial charge in [0, 0.05) is 26.2 Å². The molecule has 1 atom stereocenters. The second-order valence-corrected chi connectivity index (χ2v) is 10.0. The molecule has 0 spiro atoms. The van der Waals surface area contributed by atoms with Gasteiger partial charge in [-0.3, -0.25) is 0 Å². The number of nitrogens with one attached hydrogen (secondary N) is 2. The minimum atomic E-state index is -3.57. The zero-order chi connectivity index (χ0) is 22.3. The molecule has 8 heteroatoms. The summed E-state index contributed by atoms with van der Waals surface area (Å²) >= 11 is 0. The van der Waals surface area contributed by atoms with E-state index in [1.165, 1.54) is 0 Å². The molecule has 2 N–H and O–H groups in total. The second kappa shape index (κ2) is 10.7. The van der Waals surface area contributed by atoms with Gasteiger partial charge >= 0.3 is 6.03 Å². The maximum absolute atomic E-state index is 13.1. The lowest BCUT2D eigenvalue weighted by atomic mass is 10.1. The van der Waals surface area contributed by atoms with E-state index in [0.717, 1.165) is 24.8 Å². The highest BCUT2D eigenvalue weighted by Crippen LogP contribution is 2.23. The first-order chi connectivity index (χ1) is 14.9. The maximum Gasteiger partial charge on any atom is 0.315 e. The number of sulfonamides is 1. The summed E-state index contributed by atoms with van der Waals surface area (Å²) in [6.07, 6.45) is 2.83. The van der Waals surface area contributed by atoms with Crippen LogP contribution in [0, 0.1) is 0 Å². The molecule has 1 saturated heterocycles. The van der Waals surface area contributed by atoms with Crippen molar-refractivity contribution in [3.8, 4) is 0 Å². The van der Waals surface area contributed by atoms with E-state index in [-0.39, 0.29) is 23.5 Å². The van der Waals surface area contributed by atoms with Crippen LogP contribution < -0.4 is 10.6 Å². The zero-order valence-electron chi connectivity index (χ0n) is 18.3. The molecule has 3 rings (SSSR count). The van der Waals surface area contributed by atoms with Gasteiger partial charge in [-0.25, -0.2) is 13.2 Å². The summed E-state index contributed by atoms with van der Waals surface area (Å²) in [6.45, 7) is 1.89. The SMILES string of the molecule is CN(C)CC(NC(=O)NCc1ccccc1S(=O)(=O)N1CCCCC1)c1ccccc1. The minimum Gasteiger partial charge on any atom is -0.334 e. The smallest absolute Gasteiger partial charge is 0.315 e. The van der Waals surface area contributed by atoms with E-state index in [2.05, 4.69) is 10.6 Å². The van der Waals surface area contributed by atoms with E-state index in [1.807, 2.05) is 49.3 Å². The lowest BCUT2D eigenvalue weighted by Crippen LogP contribution is -2.41. The first-order valence-electron chi connectivity index (χ1n) is 10.7. The van der Waals surface area contributed by atoms with Crippen LogP contribution in [0.3, 0.4) is 0 Å². The maximum atomic E-state index is 13.1. The van der Waals surface area contributed by atoms with E-state index in [9.17, 15) is 13.2 Å². The van der Waals surface area contributed by atoms with Gasteiger partial charge in [0.2, 0.25) is 10.0 Å². The summed E-state index contributed by atoms with van der Waals surface area (Å²) in [5.74, 6) is 0. The fourth-order valence-electron chi connectivity index (χ4n) is 3.82. The number of carbonyl (C=O) groups excluding carboxylic acids is 1. The average Bonchev–Trinajstić information content (AvgIpc) is 2.78. The van der Waals surface area contributed by atoms with Gasteiger partial charge in [0.15, 0.2) is 0 Å². The molecule has 1 unspecified atom stereocenters. The Morgan fingerprint density at radius 3 is 2.32 bits per heavy atom. The quantitative estimate of drug-likeness (QED) is 0.656. The minimum absolute atomic E-state index is 0.137. The van der Waals surface area contributed by atoms with Gasteiger partial charge in [0.25, 0.3) is 0 Å². The Labute approximate surface area is 185 Å². The Kier molecular flexibility index (Phi) is 8.06. The van der Waals surface area contributed by atoms with Crippen molar-refractivity contribution in [2.75, 3.05) is 33.7 Å². The lowest BCUT2D eigenvalue weighted by molar-refractivity contribution is 0.232. The summed E-state index contributed by atoms with van der Waals surface area (Å²) in [4.78, 5) is 14.9. The van der Waals surface area contributed by atoms with Gasteiger partial charge in [-0.15, -0.1) is 0 Å². The molecule has 1 aliphatic heterocycles. The first-order valence-corrected chi connectivity index (χ1v) is 12.1. The Balaban J connectivity index is 1.69. The Bertz CT molecular complexity index is 958. The number of likely N-dealkylation sites (N-methyl/N-ethyl adjacent to an activating group) is 1. The number of nitrogens with zero attached hydrogens (tertiary/aromatic N) is 2. The van der Waals surface area contributed by atoms with Crippen LogP contribution in [-0.4, -0.2) is 57.4 Å². The highest BCUT2D eigenvalue weighted by Gasteiger charge is 2.28. The summed E-state index contributed by atoms with van der Waals surface area (Å²) in [6, 6.07) is 16.2. The van der Waals surface area contributed by atoms with Crippen molar-refractivity contribution in [1.82, 2.24) is 19.8 Å². The topological polar surface area (TPSA) is 81.8 Å². The number of urea groups is 1. The number of carbonyl (C=O) groups is 1. The van der Waals surface area contributed by atoms with Crippen LogP contribution in [0.15, 0.2) is 59.5 Å². The lowest BCUT2D eigenvalue weighted by Gasteiger charge is -2.27. The third-order valence-corrected chi connectivity index (χ3v) is 7.40. The molecule has 2 aromatic rings. The predicted molar refractivity (Wildman–Crippen MR) is 122 cm³/mol. The number of benzene rings is 2. The standard InChI is InChI=1S/C23H32N4O3S/c1-26(2)18-21(19-11-5-3-6-12-19)25-23(28)24-17-20-13-7-8-14-22(20)31(29,30)27-15-9-4-10-16-27/h3,5-8,11-14,21H,4,9-10,15-18H2,1-2H3,(H2,24,25,28). The molecule has 0 aliphatic carbocycles. The van der Waals surface area contributed by atoms with Crippen molar-refractivity contribution in [1.29, 1.82) is 0 Å². The molecule has 2 amide bonds. The molecule has 2 aromatic carbocycles. The second-order valence-electron chi connectivity index (χ2n) is 8.12. The monoisotopic (exact) mass is 444 g/mol. The molecule has 0 radical (unpaired) electrons. The number of piperidine rings is 1. The van der Waals surface area contributed by atoms with Gasteiger partial charge in [0.05, 0.1) is 10.9 Å². The van der Waals surface area contributed by atoms with Gasteiger partial charge in [-0.2, -0.15) is 4.31 Å². The Hall–Kier alpha value is -2.42. The highest BCUT2D eigenvalue weighted by atomic mass is 32.2. The molecule has 168 valence electrons. The molecule has 1 fully saturated rings. The van der Waals surface area contributed by atoms with Crippen molar-refractivity contribution < 1.29 is 13.2 Å². The fourth-order valence-corrected chi connectivity index (χ4v) is 5.55. The Morgan fingerprint density at radius 2 is 1.65 bits per heavy atom. The number of hydrogen-bond acceptors (Lipinski definition) is 4. The van der Waals surface area contributed by atoms with E-state index < -0.39 is 10.0 Å². The van der Waals surface area contributed by atoms with E-state index >= 15 is 0 Å². The van der Waals surface area contributed by atoms with E-state index in [0.29, 0.717) is 25.2 Å². The van der Waals surface area contributed by atoms with E-state index in [4.69, 9.17) is 0 Å². The third-order valence-electron chi connectivity index (χ3n) is 5.40. The van der Waals surface area contributed by atoms with Crippen LogP contribution in [0.5, 0.6) is 0 Å². The predicted octanol–water partition coefficient (Wildman–Crippen LogP) is 2.96. The van der Waals surface area contributed by atoms with Crippen molar-refractivity contribution in [2.45, 2.75) is 36.7 Å². The molecule has 31 heavy (non-hydrogen) atoms. The summed E-state index contributed by atoms with van der Waals surface area (Å²) in [5, 5.41) is 5.84. The summed E-state index contributed by atoms with van der Waals surface area (Å²) in [5.41, 5.74) is 1.60. The van der Waals surface area contributed by atoms with Crippen LogP contribution in [0.2, 0.25) is 0 Å². The van der Waals surface area contributed by atoms with Gasteiger partial charge in [0.1, 0.15) is 0 Å². The van der Waals surface area contributed by atoms with Crippen LogP contribution in [0.4, 0.5) is 4.79 Å². The Morgan fingerprint density at radius 1 is 1.00 bits per heavy atom. The van der Waals surface area contributed by atoms with Crippen LogP contribution in [-0.2, 0) is 16.6 Å². The van der Waals surface area contributed by atoms with Crippen LogP contribution >= 0.6 is 0 Å². The molecule has 0 bridgehead atoms. The molecule has 1 heterocycles. The number of amides is 2. The third kappa shape index (κ3) is 6.29. The van der Waals surface area contributed by atoms with Crippen LogP contribution in [0.25, 0.3) is 0 Å². The number of rotatable bonds is 8. The molecule has 0 saturated carbocycles. The normalized spacial score (nSPS) is 16.1. The van der Waals surface area contributed by atoms with Gasteiger partial charge in [-0.05, 0) is 44.1 Å². The average molecular weight is 445 g/mol. The van der Waals surface area contributed by atoms with Crippen molar-refractivity contribution in [3.63, 3.8) is 0 Å². The largest absolute Gasteiger partial charge is 0.334 e. The van der Waals surface area contributed by atoms with E-state index in [1.54, 1.807) is 28.6 Å². The van der Waals surface area contributed by atoms with Gasteiger partial charge < -0.3 is 15.5 Å². The summed E-state index contributed by atoms with van der Waals surface area (Å²) in [7, 11) is 0.344. The summed E-state index contributed by atoms with van der Waals surface area (Å²) < 4.78 is 27.8. The van der Waals surface area contributed by atoms with Crippen molar-refractivity contribution >= 4 is 16.1 Å². The highest BCUT2D eigenvalue weighted by molar-refractivity contribution is 7.89. The zero-order valence-corrected chi connectivity index (χ0v) is 19.1.